The van der Waals surface area contributed by atoms with E-state index < -0.39 is 0 Å². The molecule has 0 unspecified atom stereocenters. The molecule has 2 amide bonds. The second-order valence-electron chi connectivity index (χ2n) is 7.98. The number of anilines is 1. The second kappa shape index (κ2) is 11.2. The molecule has 0 aliphatic carbocycles. The van der Waals surface area contributed by atoms with E-state index in [4.69, 9.17) is 0 Å². The minimum absolute atomic E-state index is 0.0118. The molecular weight excluding hydrogens is 456 g/mol. The van der Waals surface area contributed by atoms with E-state index in [0.717, 1.165) is 29.7 Å². The summed E-state index contributed by atoms with van der Waals surface area (Å²) in [4.78, 5) is 28.7. The fourth-order valence-electron chi connectivity index (χ4n) is 3.76. The van der Waals surface area contributed by atoms with Crippen molar-refractivity contribution in [3.63, 3.8) is 0 Å². The van der Waals surface area contributed by atoms with Crippen molar-refractivity contribution < 1.29 is 9.59 Å². The van der Waals surface area contributed by atoms with Gasteiger partial charge < -0.3 is 5.32 Å². The number of hydrogen-bond acceptors (Lipinski definition) is 5. The van der Waals surface area contributed by atoms with Gasteiger partial charge in [0.25, 0.3) is 5.91 Å². The number of aromatic nitrogens is 1. The van der Waals surface area contributed by atoms with E-state index in [1.807, 2.05) is 41.8 Å². The van der Waals surface area contributed by atoms with Crippen molar-refractivity contribution in [1.82, 2.24) is 10.3 Å². The molecule has 0 aliphatic heterocycles. The van der Waals surface area contributed by atoms with Gasteiger partial charge in [-0.1, -0.05) is 60.7 Å². The van der Waals surface area contributed by atoms with Gasteiger partial charge in [0.05, 0.1) is 17.3 Å². The van der Waals surface area contributed by atoms with Gasteiger partial charge in [-0.05, 0) is 36.1 Å². The first-order chi connectivity index (χ1) is 17.0. The summed E-state index contributed by atoms with van der Waals surface area (Å²) in [5.74, 6) is -0.286. The van der Waals surface area contributed by atoms with Gasteiger partial charge >= 0.3 is 0 Å². The number of hydrogen-bond donors (Lipinski definition) is 2. The van der Waals surface area contributed by atoms with Gasteiger partial charge in [-0.25, -0.2) is 4.98 Å². The van der Waals surface area contributed by atoms with E-state index in [1.54, 1.807) is 24.3 Å². The number of amides is 2. The molecule has 2 N–H and O–H groups in total. The van der Waals surface area contributed by atoms with Crippen LogP contribution in [-0.4, -0.2) is 23.3 Å². The van der Waals surface area contributed by atoms with Crippen LogP contribution >= 0.6 is 11.3 Å². The maximum absolute atomic E-state index is 13.1. The monoisotopic (exact) mass is 480 g/mol. The summed E-state index contributed by atoms with van der Waals surface area (Å²) in [5.41, 5.74) is 5.37. The van der Waals surface area contributed by atoms with Crippen LogP contribution in [0, 0.1) is 11.3 Å². The van der Waals surface area contributed by atoms with E-state index in [-0.39, 0.29) is 11.8 Å². The quantitative estimate of drug-likeness (QED) is 0.318. The lowest BCUT2D eigenvalue weighted by molar-refractivity contribution is -0.118. The normalized spacial score (nSPS) is 10.4. The molecule has 0 saturated heterocycles. The number of carbonyl (C=O) groups excluding carboxylic acids is 2. The van der Waals surface area contributed by atoms with Crippen LogP contribution in [0.25, 0.3) is 22.4 Å². The standard InChI is InChI=1S/C28H24N4O2S/c1-19(33)30-16-6-7-20-12-14-21(15-13-20)26-18-35-28(31-26)32-27(34)25-11-5-4-10-24(25)23-9-3-2-8-22(23)17-29/h2-5,8-15,18H,6-7,16H2,1H3,(H,30,33)(H,31,32,34). The fraction of sp³-hybridized carbons (Fsp3) is 0.143. The van der Waals surface area contributed by atoms with Gasteiger partial charge in [0, 0.05) is 35.5 Å². The zero-order chi connectivity index (χ0) is 24.6. The van der Waals surface area contributed by atoms with Crippen LogP contribution in [0.5, 0.6) is 0 Å². The molecule has 6 nitrogen and oxygen atoms in total. The number of rotatable bonds is 8. The Morgan fingerprint density at radius 3 is 2.43 bits per heavy atom. The third-order valence-electron chi connectivity index (χ3n) is 5.50. The van der Waals surface area contributed by atoms with Crippen molar-refractivity contribution >= 4 is 28.3 Å². The van der Waals surface area contributed by atoms with Gasteiger partial charge in [-0.3, -0.25) is 14.9 Å². The first kappa shape index (κ1) is 23.9. The van der Waals surface area contributed by atoms with Crippen molar-refractivity contribution in [3.8, 4) is 28.5 Å². The summed E-state index contributed by atoms with van der Waals surface area (Å²) in [6.45, 7) is 2.18. The van der Waals surface area contributed by atoms with Crippen molar-refractivity contribution in [3.05, 3.63) is 94.9 Å². The number of nitriles is 1. The molecule has 0 spiro atoms. The summed E-state index contributed by atoms with van der Waals surface area (Å²) >= 11 is 1.36. The number of thiazole rings is 1. The number of carbonyl (C=O) groups is 2. The Balaban J connectivity index is 1.45. The zero-order valence-electron chi connectivity index (χ0n) is 19.2. The van der Waals surface area contributed by atoms with Crippen molar-refractivity contribution in [2.45, 2.75) is 19.8 Å². The molecule has 3 aromatic carbocycles. The van der Waals surface area contributed by atoms with Crippen LogP contribution in [0.3, 0.4) is 0 Å². The number of benzene rings is 3. The third-order valence-corrected chi connectivity index (χ3v) is 6.26. The van der Waals surface area contributed by atoms with E-state index in [9.17, 15) is 14.9 Å². The molecule has 0 atom stereocenters. The van der Waals surface area contributed by atoms with Crippen LogP contribution in [0.15, 0.2) is 78.2 Å². The Labute approximate surface area is 208 Å². The van der Waals surface area contributed by atoms with Crippen molar-refractivity contribution in [2.75, 3.05) is 11.9 Å². The van der Waals surface area contributed by atoms with Gasteiger partial charge in [0.1, 0.15) is 0 Å². The lowest BCUT2D eigenvalue weighted by atomic mass is 9.95. The lowest BCUT2D eigenvalue weighted by Crippen LogP contribution is -2.21. The molecule has 0 aliphatic rings. The average molecular weight is 481 g/mol. The Bertz CT molecular complexity index is 1390. The predicted molar refractivity (Wildman–Crippen MR) is 139 cm³/mol. The highest BCUT2D eigenvalue weighted by molar-refractivity contribution is 7.14. The summed E-state index contributed by atoms with van der Waals surface area (Å²) in [6.07, 6.45) is 1.76. The molecule has 0 radical (unpaired) electrons. The zero-order valence-corrected chi connectivity index (χ0v) is 20.1. The molecule has 7 heteroatoms. The SMILES string of the molecule is CC(=O)NCCCc1ccc(-c2csc(NC(=O)c3ccccc3-c3ccccc3C#N)n2)cc1. The van der Waals surface area contributed by atoms with Crippen LogP contribution in [0.4, 0.5) is 5.13 Å². The predicted octanol–water partition coefficient (Wildman–Crippen LogP) is 5.67. The van der Waals surface area contributed by atoms with E-state index >= 15 is 0 Å². The van der Waals surface area contributed by atoms with Gasteiger partial charge in [-0.15, -0.1) is 11.3 Å². The highest BCUT2D eigenvalue weighted by Gasteiger charge is 2.16. The van der Waals surface area contributed by atoms with E-state index in [0.29, 0.717) is 28.4 Å². The van der Waals surface area contributed by atoms with Gasteiger partial charge in [-0.2, -0.15) is 5.26 Å². The molecule has 174 valence electrons. The summed E-state index contributed by atoms with van der Waals surface area (Å²) in [7, 11) is 0. The Kier molecular flexibility index (Phi) is 7.66. The van der Waals surface area contributed by atoms with Crippen LogP contribution < -0.4 is 10.6 Å². The number of nitrogens with zero attached hydrogens (tertiary/aromatic N) is 2. The molecule has 1 aromatic heterocycles. The maximum atomic E-state index is 13.1. The summed E-state index contributed by atoms with van der Waals surface area (Å²) in [6, 6.07) is 24.8. The largest absolute Gasteiger partial charge is 0.356 e. The van der Waals surface area contributed by atoms with E-state index in [1.165, 1.54) is 23.8 Å². The molecular formula is C28H24N4O2S. The highest BCUT2D eigenvalue weighted by atomic mass is 32.1. The minimum Gasteiger partial charge on any atom is -0.356 e. The number of nitrogens with one attached hydrogen (secondary N) is 2. The Morgan fingerprint density at radius 1 is 0.971 bits per heavy atom. The second-order valence-corrected chi connectivity index (χ2v) is 8.84. The first-order valence-electron chi connectivity index (χ1n) is 11.2. The molecule has 35 heavy (non-hydrogen) atoms. The molecule has 1 heterocycles. The third kappa shape index (κ3) is 5.99. The maximum Gasteiger partial charge on any atom is 0.258 e. The minimum atomic E-state index is -0.274. The smallest absolute Gasteiger partial charge is 0.258 e. The molecule has 4 aromatic rings. The van der Waals surface area contributed by atoms with Crippen molar-refractivity contribution in [2.24, 2.45) is 0 Å². The molecule has 4 rings (SSSR count). The highest BCUT2D eigenvalue weighted by Crippen LogP contribution is 2.29. The first-order valence-corrected chi connectivity index (χ1v) is 12.1. The number of aryl methyl sites for hydroxylation is 1. The molecule has 0 saturated carbocycles. The van der Waals surface area contributed by atoms with Crippen LogP contribution in [0.1, 0.15) is 34.8 Å². The Hall–Kier alpha value is -4.28. The molecule has 0 fully saturated rings. The van der Waals surface area contributed by atoms with Crippen molar-refractivity contribution in [1.29, 1.82) is 5.26 Å². The van der Waals surface area contributed by atoms with Crippen LogP contribution in [-0.2, 0) is 11.2 Å². The Morgan fingerprint density at radius 2 is 1.69 bits per heavy atom. The van der Waals surface area contributed by atoms with E-state index in [2.05, 4.69) is 33.8 Å². The summed E-state index contributed by atoms with van der Waals surface area (Å²) < 4.78 is 0. The van der Waals surface area contributed by atoms with Gasteiger partial charge in [0.15, 0.2) is 5.13 Å². The topological polar surface area (TPSA) is 94.9 Å². The van der Waals surface area contributed by atoms with Crippen LogP contribution in [0.2, 0.25) is 0 Å². The lowest BCUT2D eigenvalue weighted by Gasteiger charge is -2.10. The summed E-state index contributed by atoms with van der Waals surface area (Å²) in [5, 5.41) is 17.6. The molecule has 0 bridgehead atoms. The average Bonchev–Trinajstić information content (AvgIpc) is 3.35. The van der Waals surface area contributed by atoms with Gasteiger partial charge in [0.2, 0.25) is 5.91 Å². The fourth-order valence-corrected chi connectivity index (χ4v) is 4.47.